The SMILES string of the molecule is Cc1nc(CNc2cc(Br)ccc2Cl)oc1C. The van der Waals surface area contributed by atoms with Crippen LogP contribution in [0, 0.1) is 13.8 Å². The average molecular weight is 316 g/mol. The molecule has 0 radical (unpaired) electrons. The van der Waals surface area contributed by atoms with Crippen LogP contribution in [-0.2, 0) is 6.54 Å². The van der Waals surface area contributed by atoms with Crippen LogP contribution in [0.15, 0.2) is 27.1 Å². The first-order chi connectivity index (χ1) is 8.06. The van der Waals surface area contributed by atoms with Crippen molar-refractivity contribution in [1.82, 2.24) is 4.98 Å². The molecule has 0 saturated carbocycles. The molecule has 0 saturated heterocycles. The topological polar surface area (TPSA) is 38.1 Å². The van der Waals surface area contributed by atoms with Gasteiger partial charge in [-0.15, -0.1) is 0 Å². The minimum absolute atomic E-state index is 0.519. The lowest BCUT2D eigenvalue weighted by molar-refractivity contribution is 0.478. The van der Waals surface area contributed by atoms with Crippen LogP contribution in [0.3, 0.4) is 0 Å². The fourth-order valence-electron chi connectivity index (χ4n) is 1.42. The summed E-state index contributed by atoms with van der Waals surface area (Å²) in [6.07, 6.45) is 0. The van der Waals surface area contributed by atoms with E-state index in [1.54, 1.807) is 0 Å². The molecule has 17 heavy (non-hydrogen) atoms. The smallest absolute Gasteiger partial charge is 0.213 e. The lowest BCUT2D eigenvalue weighted by atomic mass is 10.3. The fourth-order valence-corrected chi connectivity index (χ4v) is 1.96. The number of anilines is 1. The Labute approximate surface area is 113 Å². The number of benzene rings is 1. The molecule has 0 bridgehead atoms. The minimum atomic E-state index is 0.519. The largest absolute Gasteiger partial charge is 0.444 e. The van der Waals surface area contributed by atoms with E-state index in [1.165, 1.54) is 0 Å². The molecule has 2 aromatic rings. The molecule has 0 aliphatic heterocycles. The van der Waals surface area contributed by atoms with Crippen LogP contribution in [-0.4, -0.2) is 4.98 Å². The first kappa shape index (κ1) is 12.5. The van der Waals surface area contributed by atoms with E-state index in [0.717, 1.165) is 21.6 Å². The number of halogens is 2. The maximum atomic E-state index is 6.06. The molecule has 1 heterocycles. The van der Waals surface area contributed by atoms with E-state index < -0.39 is 0 Å². The van der Waals surface area contributed by atoms with E-state index >= 15 is 0 Å². The van der Waals surface area contributed by atoms with Gasteiger partial charge in [-0.25, -0.2) is 4.98 Å². The Morgan fingerprint density at radius 3 is 2.82 bits per heavy atom. The molecule has 1 aromatic carbocycles. The lowest BCUT2D eigenvalue weighted by Gasteiger charge is -2.06. The highest BCUT2D eigenvalue weighted by atomic mass is 79.9. The van der Waals surface area contributed by atoms with Crippen molar-refractivity contribution in [3.05, 3.63) is 45.0 Å². The summed E-state index contributed by atoms with van der Waals surface area (Å²) in [6, 6.07) is 5.65. The summed E-state index contributed by atoms with van der Waals surface area (Å²) < 4.78 is 6.45. The number of oxazole rings is 1. The molecular formula is C12H12BrClN2O. The Bertz CT molecular complexity index is 520. The van der Waals surface area contributed by atoms with E-state index in [-0.39, 0.29) is 0 Å². The van der Waals surface area contributed by atoms with E-state index in [9.17, 15) is 0 Å². The quantitative estimate of drug-likeness (QED) is 0.916. The van der Waals surface area contributed by atoms with E-state index in [0.29, 0.717) is 17.5 Å². The van der Waals surface area contributed by atoms with Gasteiger partial charge < -0.3 is 9.73 Å². The minimum Gasteiger partial charge on any atom is -0.444 e. The summed E-state index contributed by atoms with van der Waals surface area (Å²) in [6.45, 7) is 4.34. The molecule has 0 aliphatic rings. The van der Waals surface area contributed by atoms with Crippen LogP contribution in [0.5, 0.6) is 0 Å². The van der Waals surface area contributed by atoms with Crippen LogP contribution in [0.1, 0.15) is 17.3 Å². The van der Waals surface area contributed by atoms with E-state index in [1.807, 2.05) is 32.0 Å². The van der Waals surface area contributed by atoms with Gasteiger partial charge in [0.25, 0.3) is 0 Å². The zero-order valence-electron chi connectivity index (χ0n) is 9.55. The second-order valence-corrected chi connectivity index (χ2v) is 5.05. The zero-order chi connectivity index (χ0) is 12.4. The Kier molecular flexibility index (Phi) is 3.74. The van der Waals surface area contributed by atoms with Gasteiger partial charge in [-0.3, -0.25) is 0 Å². The van der Waals surface area contributed by atoms with Gasteiger partial charge in [0.1, 0.15) is 5.76 Å². The van der Waals surface area contributed by atoms with Crippen molar-refractivity contribution in [3.8, 4) is 0 Å². The molecule has 3 nitrogen and oxygen atoms in total. The molecule has 0 amide bonds. The summed E-state index contributed by atoms with van der Waals surface area (Å²) in [5.41, 5.74) is 1.77. The first-order valence-electron chi connectivity index (χ1n) is 5.18. The molecule has 0 spiro atoms. The van der Waals surface area contributed by atoms with Crippen molar-refractivity contribution in [3.63, 3.8) is 0 Å². The van der Waals surface area contributed by atoms with Gasteiger partial charge in [0.2, 0.25) is 5.89 Å². The standard InChI is InChI=1S/C12H12BrClN2O/c1-7-8(2)17-12(16-7)6-15-11-5-9(13)3-4-10(11)14/h3-5,15H,6H2,1-2H3. The molecule has 0 unspecified atom stereocenters. The number of hydrogen-bond acceptors (Lipinski definition) is 3. The number of hydrogen-bond donors (Lipinski definition) is 1. The van der Waals surface area contributed by atoms with Crippen molar-refractivity contribution >= 4 is 33.2 Å². The Morgan fingerprint density at radius 1 is 1.41 bits per heavy atom. The van der Waals surface area contributed by atoms with Crippen LogP contribution in [0.25, 0.3) is 0 Å². The third-order valence-corrected chi connectivity index (χ3v) is 3.25. The predicted octanol–water partition coefficient (Wildman–Crippen LogP) is 4.32. The normalized spacial score (nSPS) is 10.6. The predicted molar refractivity (Wildman–Crippen MR) is 72.5 cm³/mol. The summed E-state index contributed by atoms with van der Waals surface area (Å²) in [4.78, 5) is 4.29. The second-order valence-electron chi connectivity index (χ2n) is 3.73. The van der Waals surface area contributed by atoms with Gasteiger partial charge in [-0.2, -0.15) is 0 Å². The monoisotopic (exact) mass is 314 g/mol. The fraction of sp³-hybridized carbons (Fsp3) is 0.250. The van der Waals surface area contributed by atoms with Gasteiger partial charge in [-0.05, 0) is 32.0 Å². The number of nitrogens with zero attached hydrogens (tertiary/aromatic N) is 1. The van der Waals surface area contributed by atoms with Crippen molar-refractivity contribution in [2.45, 2.75) is 20.4 Å². The number of nitrogens with one attached hydrogen (secondary N) is 1. The number of aromatic nitrogens is 1. The molecule has 1 aromatic heterocycles. The van der Waals surface area contributed by atoms with Gasteiger partial charge in [0.05, 0.1) is 22.9 Å². The third kappa shape index (κ3) is 3.01. The summed E-state index contributed by atoms with van der Waals surface area (Å²) in [5.74, 6) is 1.51. The van der Waals surface area contributed by atoms with Crippen LogP contribution < -0.4 is 5.32 Å². The Hall–Kier alpha value is -1.00. The highest BCUT2D eigenvalue weighted by Crippen LogP contribution is 2.26. The zero-order valence-corrected chi connectivity index (χ0v) is 11.9. The van der Waals surface area contributed by atoms with Crippen LogP contribution in [0.2, 0.25) is 5.02 Å². The van der Waals surface area contributed by atoms with E-state index in [4.69, 9.17) is 16.0 Å². The van der Waals surface area contributed by atoms with Crippen LogP contribution >= 0.6 is 27.5 Å². The summed E-state index contributed by atoms with van der Waals surface area (Å²) in [5, 5.41) is 3.87. The number of aryl methyl sites for hydroxylation is 2. The maximum absolute atomic E-state index is 6.06. The van der Waals surface area contributed by atoms with Gasteiger partial charge in [0.15, 0.2) is 0 Å². The summed E-state index contributed by atoms with van der Waals surface area (Å²) in [7, 11) is 0. The maximum Gasteiger partial charge on any atom is 0.213 e. The van der Waals surface area contributed by atoms with Crippen molar-refractivity contribution < 1.29 is 4.42 Å². The highest BCUT2D eigenvalue weighted by molar-refractivity contribution is 9.10. The van der Waals surface area contributed by atoms with Crippen LogP contribution in [0.4, 0.5) is 5.69 Å². The Balaban J connectivity index is 2.09. The van der Waals surface area contributed by atoms with Crippen molar-refractivity contribution in [1.29, 1.82) is 0 Å². The Morgan fingerprint density at radius 2 is 2.18 bits per heavy atom. The number of rotatable bonds is 3. The second kappa shape index (κ2) is 5.10. The van der Waals surface area contributed by atoms with Crippen molar-refractivity contribution in [2.75, 3.05) is 5.32 Å². The lowest BCUT2D eigenvalue weighted by Crippen LogP contribution is -2.00. The van der Waals surface area contributed by atoms with E-state index in [2.05, 4.69) is 26.2 Å². The van der Waals surface area contributed by atoms with Gasteiger partial charge >= 0.3 is 0 Å². The van der Waals surface area contributed by atoms with Gasteiger partial charge in [0, 0.05) is 4.47 Å². The molecule has 0 aliphatic carbocycles. The molecule has 5 heteroatoms. The third-order valence-electron chi connectivity index (χ3n) is 2.43. The molecule has 2 rings (SSSR count). The molecule has 0 fully saturated rings. The molecular weight excluding hydrogens is 304 g/mol. The average Bonchev–Trinajstić information content (AvgIpc) is 2.60. The highest BCUT2D eigenvalue weighted by Gasteiger charge is 2.06. The molecule has 90 valence electrons. The van der Waals surface area contributed by atoms with Crippen molar-refractivity contribution in [2.24, 2.45) is 0 Å². The van der Waals surface area contributed by atoms with Gasteiger partial charge in [-0.1, -0.05) is 27.5 Å². The molecule has 0 atom stereocenters. The first-order valence-corrected chi connectivity index (χ1v) is 6.35. The summed E-state index contributed by atoms with van der Waals surface area (Å²) >= 11 is 9.47. The molecule has 1 N–H and O–H groups in total.